The molecular formula is C14H20N2O4S. The summed E-state index contributed by atoms with van der Waals surface area (Å²) in [6.07, 6.45) is 1.48. The van der Waals surface area contributed by atoms with E-state index in [1.54, 1.807) is 13.0 Å². The highest BCUT2D eigenvalue weighted by molar-refractivity contribution is 7.89. The summed E-state index contributed by atoms with van der Waals surface area (Å²) >= 11 is 0. The van der Waals surface area contributed by atoms with Crippen molar-refractivity contribution in [2.75, 3.05) is 19.6 Å². The number of carboxylic acids is 1. The number of carbonyl (C=O) groups is 1. The van der Waals surface area contributed by atoms with Crippen LogP contribution in [0.1, 0.15) is 30.1 Å². The second kappa shape index (κ2) is 6.55. The van der Waals surface area contributed by atoms with E-state index in [0.29, 0.717) is 6.54 Å². The summed E-state index contributed by atoms with van der Waals surface area (Å²) in [6, 6.07) is 5.69. The van der Waals surface area contributed by atoms with E-state index in [2.05, 4.69) is 5.32 Å². The van der Waals surface area contributed by atoms with Gasteiger partial charge in [0.05, 0.1) is 10.5 Å². The summed E-state index contributed by atoms with van der Waals surface area (Å²) in [5.74, 6) is -1.23. The van der Waals surface area contributed by atoms with Gasteiger partial charge in [-0.2, -0.15) is 4.31 Å². The lowest BCUT2D eigenvalue weighted by atomic mass is 10.1. The van der Waals surface area contributed by atoms with Crippen molar-refractivity contribution < 1.29 is 18.3 Å². The molecule has 116 valence electrons. The molecule has 0 radical (unpaired) electrons. The average Bonchev–Trinajstić information content (AvgIpc) is 2.49. The molecule has 0 amide bonds. The predicted octanol–water partition coefficient (Wildman–Crippen LogP) is 1.15. The number of aromatic carboxylic acids is 1. The normalized spacial score (nSPS) is 17.0. The summed E-state index contributed by atoms with van der Waals surface area (Å²) in [5.41, 5.74) is -0.176. The van der Waals surface area contributed by atoms with Crippen molar-refractivity contribution in [1.29, 1.82) is 0 Å². The van der Waals surface area contributed by atoms with E-state index < -0.39 is 16.0 Å². The topological polar surface area (TPSA) is 86.7 Å². The first-order valence-corrected chi connectivity index (χ1v) is 8.47. The van der Waals surface area contributed by atoms with Gasteiger partial charge in [0.25, 0.3) is 0 Å². The molecule has 6 nitrogen and oxygen atoms in total. The van der Waals surface area contributed by atoms with Gasteiger partial charge in [0, 0.05) is 12.6 Å². The largest absolute Gasteiger partial charge is 0.478 e. The van der Waals surface area contributed by atoms with Gasteiger partial charge in [0.1, 0.15) is 0 Å². The first-order valence-electron chi connectivity index (χ1n) is 7.03. The van der Waals surface area contributed by atoms with Crippen LogP contribution in [0.3, 0.4) is 0 Å². The molecule has 0 spiro atoms. The van der Waals surface area contributed by atoms with Crippen LogP contribution >= 0.6 is 0 Å². The third kappa shape index (κ3) is 3.25. The summed E-state index contributed by atoms with van der Waals surface area (Å²) in [7, 11) is -3.80. The zero-order chi connectivity index (χ0) is 15.5. The molecule has 0 aliphatic carbocycles. The average molecular weight is 312 g/mol. The Kier molecular flexibility index (Phi) is 4.97. The van der Waals surface area contributed by atoms with Crippen LogP contribution in [0.4, 0.5) is 0 Å². The second-order valence-electron chi connectivity index (χ2n) is 4.99. The Morgan fingerprint density at radius 2 is 1.95 bits per heavy atom. The molecule has 2 N–H and O–H groups in total. The maximum Gasteiger partial charge on any atom is 0.337 e. The van der Waals surface area contributed by atoms with Gasteiger partial charge >= 0.3 is 5.97 Å². The number of hydrogen-bond acceptors (Lipinski definition) is 4. The smallest absolute Gasteiger partial charge is 0.337 e. The zero-order valence-electron chi connectivity index (χ0n) is 11.9. The molecule has 0 bridgehead atoms. The molecule has 7 heteroatoms. The van der Waals surface area contributed by atoms with Crippen molar-refractivity contribution in [3.05, 3.63) is 29.8 Å². The first kappa shape index (κ1) is 15.9. The van der Waals surface area contributed by atoms with Crippen LogP contribution in [0.5, 0.6) is 0 Å². The number of nitrogens with zero attached hydrogens (tertiary/aromatic N) is 1. The molecule has 1 aliphatic rings. The Morgan fingerprint density at radius 1 is 1.33 bits per heavy atom. The maximum absolute atomic E-state index is 12.8. The van der Waals surface area contributed by atoms with E-state index in [1.807, 2.05) is 0 Å². The predicted molar refractivity (Wildman–Crippen MR) is 78.9 cm³/mol. The van der Waals surface area contributed by atoms with Crippen LogP contribution in [0.15, 0.2) is 29.2 Å². The van der Waals surface area contributed by atoms with Crippen LogP contribution in [-0.4, -0.2) is 49.5 Å². The number of piperidine rings is 1. The maximum atomic E-state index is 12.8. The van der Waals surface area contributed by atoms with E-state index in [4.69, 9.17) is 0 Å². The van der Waals surface area contributed by atoms with E-state index >= 15 is 0 Å². The standard InChI is InChI=1S/C14H20N2O4S/c1-2-16(11-7-9-15-10-8-11)21(19,20)13-6-4-3-5-12(13)14(17)18/h3-6,11,15H,2,7-10H2,1H3,(H,17,18). The number of sulfonamides is 1. The molecule has 0 aromatic heterocycles. The van der Waals surface area contributed by atoms with Gasteiger partial charge in [-0.05, 0) is 38.1 Å². The van der Waals surface area contributed by atoms with Crippen LogP contribution < -0.4 is 5.32 Å². The Bertz CT molecular complexity index is 609. The van der Waals surface area contributed by atoms with Gasteiger partial charge in [-0.25, -0.2) is 13.2 Å². The van der Waals surface area contributed by atoms with Gasteiger partial charge in [0.15, 0.2) is 0 Å². The number of carboxylic acid groups (broad SMARTS) is 1. The lowest BCUT2D eigenvalue weighted by Crippen LogP contribution is -2.46. The fourth-order valence-corrected chi connectivity index (χ4v) is 4.59. The highest BCUT2D eigenvalue weighted by Crippen LogP contribution is 2.25. The summed E-state index contributed by atoms with van der Waals surface area (Å²) in [5, 5.41) is 12.4. The van der Waals surface area contributed by atoms with Crippen molar-refractivity contribution in [3.8, 4) is 0 Å². The van der Waals surface area contributed by atoms with Crippen molar-refractivity contribution in [1.82, 2.24) is 9.62 Å². The van der Waals surface area contributed by atoms with Gasteiger partial charge in [-0.3, -0.25) is 0 Å². The third-order valence-electron chi connectivity index (χ3n) is 3.73. The Balaban J connectivity index is 2.42. The molecule has 1 aromatic rings. The first-order chi connectivity index (χ1) is 9.98. The van der Waals surface area contributed by atoms with E-state index in [0.717, 1.165) is 25.9 Å². The molecule has 0 unspecified atom stereocenters. The van der Waals surface area contributed by atoms with E-state index in [9.17, 15) is 18.3 Å². The minimum absolute atomic E-state index is 0.0805. The fraction of sp³-hybridized carbons (Fsp3) is 0.500. The minimum Gasteiger partial charge on any atom is -0.478 e. The highest BCUT2D eigenvalue weighted by Gasteiger charge is 2.33. The highest BCUT2D eigenvalue weighted by atomic mass is 32.2. The molecular weight excluding hydrogens is 292 g/mol. The lowest BCUT2D eigenvalue weighted by Gasteiger charge is -2.33. The molecule has 2 rings (SSSR count). The number of benzene rings is 1. The van der Waals surface area contributed by atoms with Crippen molar-refractivity contribution in [2.45, 2.75) is 30.7 Å². The second-order valence-corrected chi connectivity index (χ2v) is 6.85. The zero-order valence-corrected chi connectivity index (χ0v) is 12.8. The van der Waals surface area contributed by atoms with Gasteiger partial charge in [-0.1, -0.05) is 19.1 Å². The van der Waals surface area contributed by atoms with Crippen molar-refractivity contribution in [3.63, 3.8) is 0 Å². The molecule has 21 heavy (non-hydrogen) atoms. The van der Waals surface area contributed by atoms with Crippen LogP contribution in [0, 0.1) is 0 Å². The van der Waals surface area contributed by atoms with Crippen LogP contribution in [0.25, 0.3) is 0 Å². The molecule has 0 atom stereocenters. The van der Waals surface area contributed by atoms with Gasteiger partial charge in [0.2, 0.25) is 10.0 Å². The van der Waals surface area contributed by atoms with Crippen LogP contribution in [0.2, 0.25) is 0 Å². The van der Waals surface area contributed by atoms with Crippen molar-refractivity contribution >= 4 is 16.0 Å². The van der Waals surface area contributed by atoms with Crippen molar-refractivity contribution in [2.24, 2.45) is 0 Å². The van der Waals surface area contributed by atoms with E-state index in [1.165, 1.54) is 22.5 Å². The third-order valence-corrected chi connectivity index (χ3v) is 5.82. The summed E-state index contributed by atoms with van der Waals surface area (Å²) < 4.78 is 27.1. The quantitative estimate of drug-likeness (QED) is 0.851. The fourth-order valence-electron chi connectivity index (χ4n) is 2.71. The van der Waals surface area contributed by atoms with Gasteiger partial charge in [-0.15, -0.1) is 0 Å². The lowest BCUT2D eigenvalue weighted by molar-refractivity contribution is 0.0692. The number of rotatable bonds is 5. The Hall–Kier alpha value is -1.44. The summed E-state index contributed by atoms with van der Waals surface area (Å²) in [4.78, 5) is 11.1. The molecule has 1 fully saturated rings. The molecule has 1 aliphatic heterocycles. The molecule has 1 aromatic carbocycles. The number of hydrogen-bond donors (Lipinski definition) is 2. The monoisotopic (exact) mass is 312 g/mol. The SMILES string of the molecule is CCN(C1CCNCC1)S(=O)(=O)c1ccccc1C(=O)O. The molecule has 1 saturated heterocycles. The van der Waals surface area contributed by atoms with Gasteiger partial charge < -0.3 is 10.4 Å². The molecule has 1 heterocycles. The Labute approximate surface area is 124 Å². The number of nitrogens with one attached hydrogen (secondary N) is 1. The summed E-state index contributed by atoms with van der Waals surface area (Å²) in [6.45, 7) is 3.67. The minimum atomic E-state index is -3.80. The molecule has 0 saturated carbocycles. The van der Waals surface area contributed by atoms with E-state index in [-0.39, 0.29) is 16.5 Å². The Morgan fingerprint density at radius 3 is 2.52 bits per heavy atom. The van der Waals surface area contributed by atoms with Crippen LogP contribution in [-0.2, 0) is 10.0 Å².